The molecule has 0 radical (unpaired) electrons. The molecule has 2 aromatic rings. The van der Waals surface area contributed by atoms with Gasteiger partial charge in [-0.15, -0.1) is 0 Å². The Labute approximate surface area is 150 Å². The van der Waals surface area contributed by atoms with Gasteiger partial charge in [0.25, 0.3) is 0 Å². The molecule has 3 unspecified atom stereocenters. The molecule has 1 aliphatic carbocycles. The van der Waals surface area contributed by atoms with E-state index in [-0.39, 0.29) is 0 Å². The van der Waals surface area contributed by atoms with Gasteiger partial charge in [0.1, 0.15) is 0 Å². The van der Waals surface area contributed by atoms with Crippen LogP contribution in [0.2, 0.25) is 0 Å². The Morgan fingerprint density at radius 1 is 1.04 bits per heavy atom. The van der Waals surface area contributed by atoms with Gasteiger partial charge in [0, 0.05) is 32.6 Å². The van der Waals surface area contributed by atoms with E-state index in [9.17, 15) is 0 Å². The third-order valence-electron chi connectivity index (χ3n) is 5.64. The van der Waals surface area contributed by atoms with E-state index in [0.717, 1.165) is 37.4 Å². The van der Waals surface area contributed by atoms with E-state index in [1.807, 2.05) is 7.05 Å². The fourth-order valence-electron chi connectivity index (χ4n) is 4.09. The van der Waals surface area contributed by atoms with Gasteiger partial charge in [-0.2, -0.15) is 0 Å². The second-order valence-corrected chi connectivity index (χ2v) is 7.28. The van der Waals surface area contributed by atoms with Crippen molar-refractivity contribution in [1.29, 1.82) is 0 Å². The summed E-state index contributed by atoms with van der Waals surface area (Å²) >= 11 is 0. The summed E-state index contributed by atoms with van der Waals surface area (Å²) in [5.41, 5.74) is 2.93. The molecular formula is C22H27N3. The summed E-state index contributed by atoms with van der Waals surface area (Å²) in [4.78, 5) is 6.94. The van der Waals surface area contributed by atoms with Gasteiger partial charge in [-0.25, -0.2) is 0 Å². The van der Waals surface area contributed by atoms with Crippen molar-refractivity contribution in [2.75, 3.05) is 26.7 Å². The lowest BCUT2D eigenvalue weighted by Crippen LogP contribution is -2.40. The van der Waals surface area contributed by atoms with Crippen LogP contribution in [-0.2, 0) is 0 Å². The summed E-state index contributed by atoms with van der Waals surface area (Å²) in [6.07, 6.45) is 2.50. The first-order chi connectivity index (χ1) is 12.3. The standard InChI is InChI=1S/C22H27N3/c1-23-22(24-15-20-14-21(20)18-10-6-3-7-11-18)25-13-12-19(16-25)17-8-4-2-5-9-17/h2-11,19-21H,12-16H2,1H3,(H,23,24). The molecule has 2 fully saturated rings. The number of guanidine groups is 1. The molecule has 3 atom stereocenters. The summed E-state index contributed by atoms with van der Waals surface area (Å²) < 4.78 is 0. The van der Waals surface area contributed by atoms with Crippen LogP contribution in [0.3, 0.4) is 0 Å². The third-order valence-corrected chi connectivity index (χ3v) is 5.64. The van der Waals surface area contributed by atoms with E-state index in [1.165, 1.54) is 24.0 Å². The summed E-state index contributed by atoms with van der Waals surface area (Å²) in [6.45, 7) is 3.18. The van der Waals surface area contributed by atoms with Gasteiger partial charge in [0.2, 0.25) is 0 Å². The Hall–Kier alpha value is -2.29. The van der Waals surface area contributed by atoms with Crippen molar-refractivity contribution in [3.8, 4) is 0 Å². The van der Waals surface area contributed by atoms with Crippen molar-refractivity contribution in [2.24, 2.45) is 10.9 Å². The van der Waals surface area contributed by atoms with Crippen LogP contribution in [0.4, 0.5) is 0 Å². The van der Waals surface area contributed by atoms with E-state index in [0.29, 0.717) is 5.92 Å². The second kappa shape index (κ2) is 7.30. The number of nitrogens with one attached hydrogen (secondary N) is 1. The molecule has 1 heterocycles. The highest BCUT2D eigenvalue weighted by molar-refractivity contribution is 5.80. The highest BCUT2D eigenvalue weighted by atomic mass is 15.3. The third kappa shape index (κ3) is 3.71. The number of nitrogens with zero attached hydrogens (tertiary/aromatic N) is 2. The number of hydrogen-bond acceptors (Lipinski definition) is 1. The van der Waals surface area contributed by atoms with Gasteiger partial charge < -0.3 is 10.2 Å². The van der Waals surface area contributed by atoms with Crippen molar-refractivity contribution in [2.45, 2.75) is 24.7 Å². The van der Waals surface area contributed by atoms with Crippen LogP contribution < -0.4 is 5.32 Å². The Balaban J connectivity index is 1.29. The molecule has 4 rings (SSSR count). The lowest BCUT2D eigenvalue weighted by molar-refractivity contribution is 0.483. The van der Waals surface area contributed by atoms with Crippen molar-refractivity contribution in [1.82, 2.24) is 10.2 Å². The Bertz CT molecular complexity index is 711. The van der Waals surface area contributed by atoms with Gasteiger partial charge in [-0.05, 0) is 35.8 Å². The lowest BCUT2D eigenvalue weighted by Gasteiger charge is -2.22. The first-order valence-corrected chi connectivity index (χ1v) is 9.40. The molecule has 0 bridgehead atoms. The first-order valence-electron chi connectivity index (χ1n) is 9.40. The molecule has 2 aromatic carbocycles. The smallest absolute Gasteiger partial charge is 0.193 e. The van der Waals surface area contributed by atoms with E-state index < -0.39 is 0 Å². The predicted octanol–water partition coefficient (Wildman–Crippen LogP) is 3.86. The molecule has 3 nitrogen and oxygen atoms in total. The highest BCUT2D eigenvalue weighted by Gasteiger charge is 2.38. The maximum Gasteiger partial charge on any atom is 0.193 e. The predicted molar refractivity (Wildman–Crippen MR) is 104 cm³/mol. The molecular weight excluding hydrogens is 306 g/mol. The number of rotatable bonds is 4. The Morgan fingerprint density at radius 3 is 2.40 bits per heavy atom. The maximum atomic E-state index is 4.53. The highest BCUT2D eigenvalue weighted by Crippen LogP contribution is 2.46. The van der Waals surface area contributed by atoms with Gasteiger partial charge in [-0.3, -0.25) is 4.99 Å². The van der Waals surface area contributed by atoms with Crippen molar-refractivity contribution in [3.63, 3.8) is 0 Å². The van der Waals surface area contributed by atoms with E-state index >= 15 is 0 Å². The quantitative estimate of drug-likeness (QED) is 0.680. The Kier molecular flexibility index (Phi) is 4.73. The SMILES string of the molecule is CN=C(NCC1CC1c1ccccc1)N1CCC(c2ccccc2)C1. The zero-order valence-corrected chi connectivity index (χ0v) is 14.9. The van der Waals surface area contributed by atoms with Crippen LogP contribution in [-0.4, -0.2) is 37.5 Å². The monoisotopic (exact) mass is 333 g/mol. The van der Waals surface area contributed by atoms with Crippen LogP contribution >= 0.6 is 0 Å². The average Bonchev–Trinajstić information content (AvgIpc) is 3.29. The second-order valence-electron chi connectivity index (χ2n) is 7.28. The van der Waals surface area contributed by atoms with Crippen LogP contribution in [0.1, 0.15) is 35.8 Å². The van der Waals surface area contributed by atoms with Crippen molar-refractivity contribution in [3.05, 3.63) is 71.8 Å². The summed E-state index contributed by atoms with van der Waals surface area (Å²) in [5, 5.41) is 3.62. The normalized spacial score (nSPS) is 25.9. The summed E-state index contributed by atoms with van der Waals surface area (Å²) in [6, 6.07) is 21.8. The number of aliphatic imine (C=N–C) groups is 1. The fourth-order valence-corrected chi connectivity index (χ4v) is 4.09. The molecule has 1 saturated heterocycles. The number of hydrogen-bond donors (Lipinski definition) is 1. The van der Waals surface area contributed by atoms with E-state index in [1.54, 1.807) is 0 Å². The van der Waals surface area contributed by atoms with E-state index in [4.69, 9.17) is 0 Å². The molecule has 1 saturated carbocycles. The maximum absolute atomic E-state index is 4.53. The van der Waals surface area contributed by atoms with Crippen LogP contribution in [0.5, 0.6) is 0 Å². The van der Waals surface area contributed by atoms with Gasteiger partial charge >= 0.3 is 0 Å². The largest absolute Gasteiger partial charge is 0.356 e. The van der Waals surface area contributed by atoms with Gasteiger partial charge in [0.05, 0.1) is 0 Å². The summed E-state index contributed by atoms with van der Waals surface area (Å²) in [5.74, 6) is 3.16. The molecule has 2 aliphatic rings. The molecule has 0 spiro atoms. The molecule has 0 aromatic heterocycles. The van der Waals surface area contributed by atoms with Crippen LogP contribution in [0.25, 0.3) is 0 Å². The molecule has 1 aliphatic heterocycles. The molecule has 1 N–H and O–H groups in total. The molecule has 25 heavy (non-hydrogen) atoms. The zero-order chi connectivity index (χ0) is 17.1. The number of benzene rings is 2. The van der Waals surface area contributed by atoms with Crippen molar-refractivity contribution < 1.29 is 0 Å². The number of likely N-dealkylation sites (tertiary alicyclic amines) is 1. The van der Waals surface area contributed by atoms with E-state index in [2.05, 4.69) is 75.9 Å². The molecule has 3 heteroatoms. The topological polar surface area (TPSA) is 27.6 Å². The minimum atomic E-state index is 0.623. The average molecular weight is 333 g/mol. The minimum Gasteiger partial charge on any atom is -0.356 e. The first kappa shape index (κ1) is 16.2. The minimum absolute atomic E-state index is 0.623. The van der Waals surface area contributed by atoms with Crippen LogP contribution in [0, 0.1) is 5.92 Å². The van der Waals surface area contributed by atoms with Gasteiger partial charge in [0.15, 0.2) is 5.96 Å². The lowest BCUT2D eigenvalue weighted by atomic mass is 9.99. The summed E-state index contributed by atoms with van der Waals surface area (Å²) in [7, 11) is 1.90. The molecule has 0 amide bonds. The molecule has 130 valence electrons. The zero-order valence-electron chi connectivity index (χ0n) is 14.9. The fraction of sp³-hybridized carbons (Fsp3) is 0.409. The Morgan fingerprint density at radius 2 is 1.72 bits per heavy atom. The van der Waals surface area contributed by atoms with Gasteiger partial charge in [-0.1, -0.05) is 60.7 Å². The van der Waals surface area contributed by atoms with Crippen molar-refractivity contribution >= 4 is 5.96 Å². The van der Waals surface area contributed by atoms with Crippen LogP contribution in [0.15, 0.2) is 65.7 Å².